The minimum atomic E-state index is 0.985. The Morgan fingerprint density at radius 3 is 3.00 bits per heavy atom. The van der Waals surface area contributed by atoms with Gasteiger partial charge in [0.15, 0.2) is 0 Å². The van der Waals surface area contributed by atoms with Crippen molar-refractivity contribution in [3.63, 3.8) is 0 Å². The molecule has 0 aliphatic carbocycles. The van der Waals surface area contributed by atoms with E-state index >= 15 is 0 Å². The average molecular weight is 192 g/mol. The molecule has 2 heterocycles. The number of aryl methyl sites for hydroxylation is 3. The summed E-state index contributed by atoms with van der Waals surface area (Å²) in [5, 5.41) is 6.35. The summed E-state index contributed by atoms with van der Waals surface area (Å²) in [6.45, 7) is 3.07. The molecule has 2 rings (SSSR count). The van der Waals surface area contributed by atoms with Gasteiger partial charge < -0.3 is 0 Å². The summed E-state index contributed by atoms with van der Waals surface area (Å²) in [7, 11) is 0. The summed E-state index contributed by atoms with van der Waals surface area (Å²) in [4.78, 5) is 1.43. The van der Waals surface area contributed by atoms with E-state index in [1.807, 2.05) is 28.3 Å². The highest BCUT2D eigenvalue weighted by Gasteiger charge is 1.98. The van der Waals surface area contributed by atoms with Crippen molar-refractivity contribution < 1.29 is 0 Å². The van der Waals surface area contributed by atoms with Crippen LogP contribution in [0.1, 0.15) is 10.6 Å². The molecular formula is C10H12N2S. The van der Waals surface area contributed by atoms with Crippen LogP contribution in [0.3, 0.4) is 0 Å². The molecule has 0 unspecified atom stereocenters. The molecule has 2 aromatic rings. The average Bonchev–Trinajstić information content (AvgIpc) is 2.72. The standard InChI is InChI=1S/C10H12N2S/c1-9-4-6-11-12(9)7-5-10-3-2-8-13-10/h2-4,6,8H,5,7H2,1H3. The van der Waals surface area contributed by atoms with Gasteiger partial charge in [0, 0.05) is 29.7 Å². The Labute approximate surface area is 81.8 Å². The zero-order chi connectivity index (χ0) is 9.10. The molecule has 0 aliphatic rings. The molecule has 13 heavy (non-hydrogen) atoms. The van der Waals surface area contributed by atoms with Gasteiger partial charge in [0.25, 0.3) is 0 Å². The smallest absolute Gasteiger partial charge is 0.0492 e. The largest absolute Gasteiger partial charge is 0.270 e. The van der Waals surface area contributed by atoms with Crippen LogP contribution < -0.4 is 0 Å². The number of hydrogen-bond acceptors (Lipinski definition) is 2. The highest BCUT2D eigenvalue weighted by molar-refractivity contribution is 7.09. The van der Waals surface area contributed by atoms with Gasteiger partial charge in [-0.1, -0.05) is 6.07 Å². The summed E-state index contributed by atoms with van der Waals surface area (Å²) in [6.07, 6.45) is 2.93. The van der Waals surface area contributed by atoms with E-state index in [0.29, 0.717) is 0 Å². The summed E-state index contributed by atoms with van der Waals surface area (Å²) in [6, 6.07) is 6.30. The normalized spacial score (nSPS) is 10.5. The molecule has 0 radical (unpaired) electrons. The Bertz CT molecular complexity index is 362. The monoisotopic (exact) mass is 192 g/mol. The predicted molar refractivity (Wildman–Crippen MR) is 55.0 cm³/mol. The highest BCUT2D eigenvalue weighted by atomic mass is 32.1. The maximum absolute atomic E-state index is 4.24. The maximum Gasteiger partial charge on any atom is 0.0492 e. The lowest BCUT2D eigenvalue weighted by Crippen LogP contribution is -2.03. The molecule has 0 N–H and O–H groups in total. The number of nitrogens with zero attached hydrogens (tertiary/aromatic N) is 2. The molecule has 0 spiro atoms. The number of aromatic nitrogens is 2. The molecule has 0 aromatic carbocycles. The molecule has 0 fully saturated rings. The second-order valence-corrected chi connectivity index (χ2v) is 4.06. The van der Waals surface area contributed by atoms with Gasteiger partial charge in [-0.05, 0) is 24.4 Å². The van der Waals surface area contributed by atoms with Crippen LogP contribution in [0.2, 0.25) is 0 Å². The van der Waals surface area contributed by atoms with Gasteiger partial charge in [-0.2, -0.15) is 5.10 Å². The van der Waals surface area contributed by atoms with Gasteiger partial charge in [0.05, 0.1) is 0 Å². The van der Waals surface area contributed by atoms with Crippen molar-refractivity contribution in [3.8, 4) is 0 Å². The first-order valence-electron chi connectivity index (χ1n) is 4.37. The van der Waals surface area contributed by atoms with E-state index in [1.165, 1.54) is 10.6 Å². The fraction of sp³-hybridized carbons (Fsp3) is 0.300. The molecule has 0 atom stereocenters. The molecule has 3 heteroatoms. The summed E-state index contributed by atoms with van der Waals surface area (Å²) in [5.74, 6) is 0. The van der Waals surface area contributed by atoms with Crippen LogP contribution in [-0.2, 0) is 13.0 Å². The lowest BCUT2D eigenvalue weighted by atomic mass is 10.3. The third-order valence-electron chi connectivity index (χ3n) is 2.08. The second kappa shape index (κ2) is 3.75. The lowest BCUT2D eigenvalue weighted by molar-refractivity contribution is 0.602. The Balaban J connectivity index is 1.97. The van der Waals surface area contributed by atoms with E-state index in [2.05, 4.69) is 29.5 Å². The first kappa shape index (κ1) is 8.51. The zero-order valence-corrected chi connectivity index (χ0v) is 8.42. The van der Waals surface area contributed by atoms with E-state index < -0.39 is 0 Å². The number of hydrogen-bond donors (Lipinski definition) is 0. The van der Waals surface area contributed by atoms with E-state index in [9.17, 15) is 0 Å². The molecule has 0 amide bonds. The molecule has 2 nitrogen and oxygen atoms in total. The van der Waals surface area contributed by atoms with Crippen LogP contribution in [0, 0.1) is 6.92 Å². The lowest BCUT2D eigenvalue weighted by Gasteiger charge is -2.01. The Hall–Kier alpha value is -1.09. The van der Waals surface area contributed by atoms with Crippen LogP contribution in [0.5, 0.6) is 0 Å². The summed E-state index contributed by atoms with van der Waals surface area (Å²) in [5.41, 5.74) is 1.23. The maximum atomic E-state index is 4.24. The molecular weight excluding hydrogens is 180 g/mol. The van der Waals surface area contributed by atoms with Gasteiger partial charge in [0.1, 0.15) is 0 Å². The van der Waals surface area contributed by atoms with E-state index in [4.69, 9.17) is 0 Å². The van der Waals surface area contributed by atoms with Crippen LogP contribution in [0.25, 0.3) is 0 Å². The molecule has 0 saturated heterocycles. The first-order valence-corrected chi connectivity index (χ1v) is 5.25. The van der Waals surface area contributed by atoms with Crippen LogP contribution in [0.15, 0.2) is 29.8 Å². The van der Waals surface area contributed by atoms with Gasteiger partial charge in [-0.3, -0.25) is 4.68 Å². The van der Waals surface area contributed by atoms with Crippen molar-refractivity contribution in [2.75, 3.05) is 0 Å². The third kappa shape index (κ3) is 1.98. The molecule has 68 valence electrons. The number of thiophene rings is 1. The van der Waals surface area contributed by atoms with Gasteiger partial charge in [-0.25, -0.2) is 0 Å². The van der Waals surface area contributed by atoms with Gasteiger partial charge >= 0.3 is 0 Å². The van der Waals surface area contributed by atoms with Gasteiger partial charge in [-0.15, -0.1) is 11.3 Å². The van der Waals surface area contributed by atoms with Crippen LogP contribution >= 0.6 is 11.3 Å². The van der Waals surface area contributed by atoms with Crippen molar-refractivity contribution in [1.82, 2.24) is 9.78 Å². The third-order valence-corrected chi connectivity index (χ3v) is 3.02. The Morgan fingerprint density at radius 1 is 1.46 bits per heavy atom. The molecule has 0 aliphatic heterocycles. The minimum absolute atomic E-state index is 0.985. The van der Waals surface area contributed by atoms with E-state index in [0.717, 1.165) is 13.0 Å². The highest BCUT2D eigenvalue weighted by Crippen LogP contribution is 2.10. The quantitative estimate of drug-likeness (QED) is 0.730. The van der Waals surface area contributed by atoms with Crippen molar-refractivity contribution in [2.24, 2.45) is 0 Å². The molecule has 0 bridgehead atoms. The predicted octanol–water partition coefficient (Wildman–Crippen LogP) is 2.50. The number of rotatable bonds is 3. The van der Waals surface area contributed by atoms with Crippen LogP contribution in [0.4, 0.5) is 0 Å². The van der Waals surface area contributed by atoms with Gasteiger partial charge in [0.2, 0.25) is 0 Å². The van der Waals surface area contributed by atoms with Crippen molar-refractivity contribution in [2.45, 2.75) is 19.9 Å². The molecule has 2 aromatic heterocycles. The SMILES string of the molecule is Cc1ccnn1CCc1cccs1. The van der Waals surface area contributed by atoms with E-state index in [1.54, 1.807) is 0 Å². The molecule has 0 saturated carbocycles. The summed E-state index contributed by atoms with van der Waals surface area (Å²) >= 11 is 1.81. The second-order valence-electron chi connectivity index (χ2n) is 3.03. The fourth-order valence-electron chi connectivity index (χ4n) is 1.30. The van der Waals surface area contributed by atoms with E-state index in [-0.39, 0.29) is 0 Å². The topological polar surface area (TPSA) is 17.8 Å². The minimum Gasteiger partial charge on any atom is -0.270 e. The summed E-state index contributed by atoms with van der Waals surface area (Å²) < 4.78 is 2.04. The van der Waals surface area contributed by atoms with Crippen molar-refractivity contribution >= 4 is 11.3 Å². The Kier molecular flexibility index (Phi) is 2.45. The fourth-order valence-corrected chi connectivity index (χ4v) is 2.00. The van der Waals surface area contributed by atoms with Crippen molar-refractivity contribution in [3.05, 3.63) is 40.3 Å². The zero-order valence-electron chi connectivity index (χ0n) is 7.60. The van der Waals surface area contributed by atoms with Crippen LogP contribution in [-0.4, -0.2) is 9.78 Å². The van der Waals surface area contributed by atoms with Crippen molar-refractivity contribution in [1.29, 1.82) is 0 Å². The Morgan fingerprint density at radius 2 is 2.38 bits per heavy atom. The first-order chi connectivity index (χ1) is 6.36.